The van der Waals surface area contributed by atoms with Crippen LogP contribution < -0.4 is 0 Å². The molecule has 3 heteroatoms. The van der Waals surface area contributed by atoms with Gasteiger partial charge in [0.15, 0.2) is 0 Å². The van der Waals surface area contributed by atoms with Gasteiger partial charge in [-0.2, -0.15) is 0 Å². The van der Waals surface area contributed by atoms with Crippen molar-refractivity contribution in [3.63, 3.8) is 0 Å². The van der Waals surface area contributed by atoms with Crippen molar-refractivity contribution in [2.24, 2.45) is 0 Å². The minimum absolute atomic E-state index is 0. The summed E-state index contributed by atoms with van der Waals surface area (Å²) in [5.41, 5.74) is 0. The van der Waals surface area contributed by atoms with E-state index in [2.05, 4.69) is 4.48 Å². The zero-order chi connectivity index (χ0) is 2.00. The van der Waals surface area contributed by atoms with Crippen molar-refractivity contribution in [3.05, 3.63) is 0 Å². The van der Waals surface area contributed by atoms with Gasteiger partial charge in [-0.3, -0.25) is 0 Å². The Bertz CT molecular complexity index is 6.00. The van der Waals surface area contributed by atoms with E-state index < -0.39 is 0 Å². The predicted molar refractivity (Wildman–Crippen MR) is 26.1 cm³/mol. The average Bonchev–Trinajstić information content (AvgIpc) is 1.00. The molecule has 0 aliphatic heterocycles. The van der Waals surface area contributed by atoms with Crippen LogP contribution in [-0.4, -0.2) is 25.8 Å². The number of hydrogen-bond donors (Lipinski definition) is 0. The third-order valence-electron chi connectivity index (χ3n) is 0. The minimum atomic E-state index is 0. The molecular weight excluding hydrogens is 290 g/mol. The third kappa shape index (κ3) is 9.72. The van der Waals surface area contributed by atoms with Gasteiger partial charge in [-0.1, -0.05) is 0 Å². The molecule has 0 saturated carbocycles. The summed E-state index contributed by atoms with van der Waals surface area (Å²) in [6, 6.07) is 0. The van der Waals surface area contributed by atoms with E-state index in [4.69, 9.17) is 0 Å². The van der Waals surface area contributed by atoms with E-state index in [1.54, 1.807) is 0 Å². The second-order valence-electron chi connectivity index (χ2n) is 0. The molecular formula is CH5Cl2Pb. The van der Waals surface area contributed by atoms with Crippen LogP contribution in [0.1, 0.15) is 0 Å². The van der Waals surface area contributed by atoms with Crippen LogP contribution in [0.25, 0.3) is 0 Å². The Hall–Kier alpha value is 1.50. The van der Waals surface area contributed by atoms with Crippen molar-refractivity contribution in [1.29, 1.82) is 0 Å². The van der Waals surface area contributed by atoms with Gasteiger partial charge in [-0.25, -0.2) is 0 Å². The standard InChI is InChI=1S/CH3.2ClH.Pb/h1H3;2*1H;. The van der Waals surface area contributed by atoms with E-state index >= 15 is 0 Å². The normalized spacial score (nSPS) is 1.50. The van der Waals surface area contributed by atoms with Crippen molar-refractivity contribution < 1.29 is 0 Å². The predicted octanol–water partition coefficient (Wildman–Crippen LogP) is 1.05. The maximum atomic E-state index is 2.14. The topological polar surface area (TPSA) is 0 Å². The summed E-state index contributed by atoms with van der Waals surface area (Å²) in [6.45, 7) is 0. The maximum absolute atomic E-state index is 2.14. The van der Waals surface area contributed by atoms with Crippen LogP contribution in [0, 0.1) is 0 Å². The van der Waals surface area contributed by atoms with E-state index in [9.17, 15) is 0 Å². The quantitative estimate of drug-likeness (QED) is 0.586. The summed E-state index contributed by atoms with van der Waals surface area (Å²) >= 11 is 1.31. The zero-order valence-corrected chi connectivity index (χ0v) is 7.84. The molecule has 27 valence electrons. The summed E-state index contributed by atoms with van der Waals surface area (Å²) < 4.78 is 2.14. The molecule has 0 saturated heterocycles. The molecule has 0 spiro atoms. The molecule has 3 radical (unpaired) electrons. The molecule has 0 aliphatic rings. The van der Waals surface area contributed by atoms with Gasteiger partial charge < -0.3 is 0 Å². The molecule has 0 bridgehead atoms. The summed E-state index contributed by atoms with van der Waals surface area (Å²) in [5, 5.41) is 0. The van der Waals surface area contributed by atoms with E-state index in [0.717, 1.165) is 0 Å². The van der Waals surface area contributed by atoms with E-state index in [1.807, 2.05) is 0 Å². The molecule has 0 fully saturated rings. The summed E-state index contributed by atoms with van der Waals surface area (Å²) in [7, 11) is 0. The van der Waals surface area contributed by atoms with Crippen LogP contribution in [0.4, 0.5) is 0 Å². The first-order valence-electron chi connectivity index (χ1n) is 0.500. The zero-order valence-electron chi connectivity index (χ0n) is 2.32. The Balaban J connectivity index is -0.00000000500. The van der Waals surface area contributed by atoms with Crippen LogP contribution in [0.15, 0.2) is 0 Å². The van der Waals surface area contributed by atoms with Crippen molar-refractivity contribution in [1.82, 2.24) is 0 Å². The van der Waals surface area contributed by atoms with E-state index in [0.29, 0.717) is 0 Å². The number of rotatable bonds is 0. The van der Waals surface area contributed by atoms with Gasteiger partial charge >= 0.3 is 30.3 Å². The van der Waals surface area contributed by atoms with Gasteiger partial charge in [0.2, 0.25) is 0 Å². The molecule has 0 aromatic rings. The Morgan fingerprint density at radius 3 is 1.00 bits per heavy atom. The third-order valence-corrected chi connectivity index (χ3v) is 0. The Morgan fingerprint density at radius 1 is 1.00 bits per heavy atom. The van der Waals surface area contributed by atoms with E-state index in [1.165, 1.54) is 25.8 Å². The second kappa shape index (κ2) is 24.5. The fourth-order valence-corrected chi connectivity index (χ4v) is 0. The van der Waals surface area contributed by atoms with Crippen molar-refractivity contribution in [2.45, 2.75) is 4.48 Å². The summed E-state index contributed by atoms with van der Waals surface area (Å²) in [4.78, 5) is 0. The number of hydrogen-bond acceptors (Lipinski definition) is 0. The number of halogens is 2. The van der Waals surface area contributed by atoms with Gasteiger partial charge in [0.1, 0.15) is 0 Å². The summed E-state index contributed by atoms with van der Waals surface area (Å²) in [6.07, 6.45) is 0. The molecule has 0 aromatic carbocycles. The first-order valence-corrected chi connectivity index (χ1v) is 4.39. The Kier molecular flexibility index (Phi) is 109. The summed E-state index contributed by atoms with van der Waals surface area (Å²) in [5.74, 6) is 0. The monoisotopic (exact) mass is 295 g/mol. The molecule has 0 aromatic heterocycles. The van der Waals surface area contributed by atoms with Crippen LogP contribution in [0.5, 0.6) is 0 Å². The van der Waals surface area contributed by atoms with Gasteiger partial charge in [-0.05, 0) is 0 Å². The van der Waals surface area contributed by atoms with Crippen molar-refractivity contribution in [3.8, 4) is 0 Å². The molecule has 0 unspecified atom stereocenters. The van der Waals surface area contributed by atoms with Crippen LogP contribution in [0.3, 0.4) is 0 Å². The van der Waals surface area contributed by atoms with Gasteiger partial charge in [0.05, 0.1) is 0 Å². The molecule has 0 heterocycles. The van der Waals surface area contributed by atoms with Gasteiger partial charge in [0.25, 0.3) is 0 Å². The fraction of sp³-hybridized carbons (Fsp3) is 1.00. The second-order valence-corrected chi connectivity index (χ2v) is 0. The average molecular weight is 295 g/mol. The molecule has 4 heavy (non-hydrogen) atoms. The van der Waals surface area contributed by atoms with Gasteiger partial charge in [-0.15, -0.1) is 24.8 Å². The Morgan fingerprint density at radius 2 is 1.00 bits per heavy atom. The van der Waals surface area contributed by atoms with Crippen molar-refractivity contribution in [2.75, 3.05) is 0 Å². The van der Waals surface area contributed by atoms with Crippen LogP contribution in [0.2, 0.25) is 4.48 Å². The molecule has 0 rings (SSSR count). The SMILES string of the molecule is Cl.Cl.[CH3][Pb]. The fourth-order valence-electron chi connectivity index (χ4n) is 0. The van der Waals surface area contributed by atoms with Crippen LogP contribution >= 0.6 is 24.8 Å². The first-order chi connectivity index (χ1) is 1.00. The van der Waals surface area contributed by atoms with E-state index in [-0.39, 0.29) is 24.8 Å². The molecule has 0 atom stereocenters. The molecule has 0 N–H and O–H groups in total. The molecule has 0 amide bonds. The molecule has 0 nitrogen and oxygen atoms in total. The molecule has 0 aliphatic carbocycles. The van der Waals surface area contributed by atoms with Crippen molar-refractivity contribution >= 4 is 50.6 Å². The Labute approximate surface area is 54.9 Å². The van der Waals surface area contributed by atoms with Gasteiger partial charge in [0, 0.05) is 0 Å². The first kappa shape index (κ1) is 17.8. The van der Waals surface area contributed by atoms with Crippen LogP contribution in [-0.2, 0) is 0 Å².